The maximum Gasteiger partial charge on any atom is 0.220 e. The molecule has 2 bridgehead atoms. The number of fused-ring (bicyclic) bond motifs is 2. The molecule has 2 aliphatic heterocycles. The van der Waals surface area contributed by atoms with Gasteiger partial charge in [-0.15, -0.1) is 0 Å². The lowest BCUT2D eigenvalue weighted by Crippen LogP contribution is -2.46. The van der Waals surface area contributed by atoms with Crippen molar-refractivity contribution >= 4 is 15.9 Å². The molecule has 2 N–H and O–H groups in total. The van der Waals surface area contributed by atoms with Crippen molar-refractivity contribution in [3.8, 4) is 0 Å². The van der Waals surface area contributed by atoms with E-state index in [-0.39, 0.29) is 24.0 Å². The zero-order valence-electron chi connectivity index (χ0n) is 13.8. The highest BCUT2D eigenvalue weighted by molar-refractivity contribution is 7.88. The minimum Gasteiger partial charge on any atom is -0.375 e. The fraction of sp³-hybridized carbons (Fsp3) is 0.938. The maximum absolute atomic E-state index is 12.2. The van der Waals surface area contributed by atoms with E-state index < -0.39 is 10.0 Å². The third-order valence-electron chi connectivity index (χ3n) is 5.52. The van der Waals surface area contributed by atoms with Crippen molar-refractivity contribution in [3.63, 3.8) is 0 Å². The summed E-state index contributed by atoms with van der Waals surface area (Å²) >= 11 is 0. The fourth-order valence-corrected chi connectivity index (χ4v) is 5.26. The van der Waals surface area contributed by atoms with Gasteiger partial charge >= 0.3 is 0 Å². The molecule has 0 radical (unpaired) electrons. The zero-order valence-corrected chi connectivity index (χ0v) is 14.6. The second kappa shape index (κ2) is 7.07. The number of amides is 1. The number of carbonyl (C=O) groups excluding carboxylic acids is 1. The maximum atomic E-state index is 12.2. The molecular weight excluding hydrogens is 316 g/mol. The van der Waals surface area contributed by atoms with Gasteiger partial charge in [0.25, 0.3) is 0 Å². The molecule has 3 aliphatic rings. The summed E-state index contributed by atoms with van der Waals surface area (Å²) in [6.45, 7) is 0.563. The average Bonchev–Trinajstić information content (AvgIpc) is 3.07. The summed E-state index contributed by atoms with van der Waals surface area (Å²) in [6.07, 6.45) is 9.60. The van der Waals surface area contributed by atoms with E-state index in [1.165, 1.54) is 6.26 Å². The van der Waals surface area contributed by atoms with Crippen LogP contribution < -0.4 is 10.0 Å². The molecule has 23 heavy (non-hydrogen) atoms. The van der Waals surface area contributed by atoms with Gasteiger partial charge in [0.1, 0.15) is 0 Å². The molecule has 132 valence electrons. The first-order chi connectivity index (χ1) is 10.9. The minimum atomic E-state index is -3.20. The van der Waals surface area contributed by atoms with Crippen molar-refractivity contribution in [2.24, 2.45) is 11.8 Å². The number of carbonyl (C=O) groups is 1. The lowest BCUT2D eigenvalue weighted by molar-refractivity contribution is -0.122. The molecule has 0 aromatic heterocycles. The Labute approximate surface area is 138 Å². The van der Waals surface area contributed by atoms with E-state index in [0.717, 1.165) is 44.9 Å². The van der Waals surface area contributed by atoms with Crippen molar-refractivity contribution in [2.45, 2.75) is 69.6 Å². The van der Waals surface area contributed by atoms with E-state index in [2.05, 4.69) is 10.0 Å². The van der Waals surface area contributed by atoms with Gasteiger partial charge in [-0.25, -0.2) is 13.1 Å². The molecule has 1 aliphatic carbocycles. The molecule has 5 unspecified atom stereocenters. The highest BCUT2D eigenvalue weighted by Crippen LogP contribution is 2.40. The van der Waals surface area contributed by atoms with Crippen LogP contribution in [0.5, 0.6) is 0 Å². The van der Waals surface area contributed by atoms with Crippen molar-refractivity contribution < 1.29 is 17.9 Å². The lowest BCUT2D eigenvalue weighted by atomic mass is 9.84. The third-order valence-corrected chi connectivity index (χ3v) is 6.25. The smallest absolute Gasteiger partial charge is 0.220 e. The zero-order chi connectivity index (χ0) is 16.4. The van der Waals surface area contributed by atoms with Gasteiger partial charge in [0.15, 0.2) is 0 Å². The van der Waals surface area contributed by atoms with Gasteiger partial charge in [-0.05, 0) is 43.9 Å². The van der Waals surface area contributed by atoms with Crippen LogP contribution in [0, 0.1) is 11.8 Å². The summed E-state index contributed by atoms with van der Waals surface area (Å²) in [6, 6.07) is -0.0510. The number of ether oxygens (including phenoxy) is 1. The Morgan fingerprint density at radius 1 is 1.13 bits per heavy atom. The van der Waals surface area contributed by atoms with Crippen LogP contribution in [0.1, 0.15) is 51.4 Å². The first-order valence-electron chi connectivity index (χ1n) is 8.80. The van der Waals surface area contributed by atoms with Crippen molar-refractivity contribution in [3.05, 3.63) is 0 Å². The Hall–Kier alpha value is -0.660. The van der Waals surface area contributed by atoms with E-state index in [1.54, 1.807) is 0 Å². The van der Waals surface area contributed by atoms with E-state index in [4.69, 9.17) is 4.74 Å². The third kappa shape index (κ3) is 4.67. The van der Waals surface area contributed by atoms with Crippen LogP contribution in [0.3, 0.4) is 0 Å². The first kappa shape index (κ1) is 17.2. The summed E-state index contributed by atoms with van der Waals surface area (Å²) in [5, 5.41) is 3.03. The summed E-state index contributed by atoms with van der Waals surface area (Å²) in [7, 11) is -3.20. The van der Waals surface area contributed by atoms with Gasteiger partial charge in [0, 0.05) is 19.0 Å². The molecule has 5 atom stereocenters. The van der Waals surface area contributed by atoms with Gasteiger partial charge < -0.3 is 10.1 Å². The van der Waals surface area contributed by atoms with Crippen LogP contribution >= 0.6 is 0 Å². The predicted molar refractivity (Wildman–Crippen MR) is 87.4 cm³/mol. The Balaban J connectivity index is 1.45. The second-order valence-electron chi connectivity index (χ2n) is 7.42. The Kier molecular flexibility index (Phi) is 5.28. The molecule has 3 rings (SSSR count). The lowest BCUT2D eigenvalue weighted by Gasteiger charge is -2.31. The van der Waals surface area contributed by atoms with E-state index in [1.807, 2.05) is 0 Å². The Bertz CT molecular complexity index is 536. The number of rotatable bonds is 6. The van der Waals surface area contributed by atoms with E-state index >= 15 is 0 Å². The molecule has 7 heteroatoms. The minimum absolute atomic E-state index is 0.0510. The Morgan fingerprint density at radius 2 is 1.91 bits per heavy atom. The molecule has 2 heterocycles. The largest absolute Gasteiger partial charge is 0.375 e. The van der Waals surface area contributed by atoms with E-state index in [0.29, 0.717) is 25.0 Å². The highest BCUT2D eigenvalue weighted by atomic mass is 32.2. The Morgan fingerprint density at radius 3 is 2.57 bits per heavy atom. The molecule has 0 aromatic rings. The van der Waals surface area contributed by atoms with Crippen LogP contribution in [0.15, 0.2) is 0 Å². The fourth-order valence-electron chi connectivity index (χ4n) is 4.40. The van der Waals surface area contributed by atoms with Gasteiger partial charge in [0.2, 0.25) is 15.9 Å². The normalized spacial score (nSPS) is 37.0. The van der Waals surface area contributed by atoms with Crippen LogP contribution in [0.2, 0.25) is 0 Å². The molecule has 3 fully saturated rings. The van der Waals surface area contributed by atoms with Crippen LogP contribution in [0.4, 0.5) is 0 Å². The summed E-state index contributed by atoms with van der Waals surface area (Å²) in [5.74, 6) is 0.638. The molecule has 1 saturated carbocycles. The predicted octanol–water partition coefficient (Wildman–Crippen LogP) is 1.17. The molecule has 2 saturated heterocycles. The molecular formula is C16H28N2O4S. The number of sulfonamides is 1. The number of hydrogen-bond donors (Lipinski definition) is 2. The van der Waals surface area contributed by atoms with Crippen LogP contribution in [-0.2, 0) is 19.6 Å². The monoisotopic (exact) mass is 344 g/mol. The number of nitrogens with one attached hydrogen (secondary N) is 2. The quantitative estimate of drug-likeness (QED) is 0.757. The summed E-state index contributed by atoms with van der Waals surface area (Å²) in [4.78, 5) is 12.2. The average molecular weight is 344 g/mol. The summed E-state index contributed by atoms with van der Waals surface area (Å²) < 4.78 is 31.5. The molecule has 6 nitrogen and oxygen atoms in total. The van der Waals surface area contributed by atoms with Gasteiger partial charge in [-0.1, -0.05) is 12.8 Å². The first-order valence-corrected chi connectivity index (χ1v) is 10.7. The van der Waals surface area contributed by atoms with Gasteiger partial charge in [-0.3, -0.25) is 4.79 Å². The number of hydrogen-bond acceptors (Lipinski definition) is 4. The molecule has 0 aromatic carbocycles. The van der Waals surface area contributed by atoms with Gasteiger partial charge in [0.05, 0.1) is 18.5 Å². The standard InChI is InChI=1S/C16H28N2O4S/c1-23(20,21)18-14-5-3-2-4-11(14)10-17-16(19)9-12-8-13-6-7-15(12)22-13/h11-15,18H,2-10H2,1H3,(H,17,19). The van der Waals surface area contributed by atoms with E-state index in [9.17, 15) is 13.2 Å². The molecule has 1 amide bonds. The van der Waals surface area contributed by atoms with Gasteiger partial charge in [-0.2, -0.15) is 0 Å². The van der Waals surface area contributed by atoms with Crippen molar-refractivity contribution in [2.75, 3.05) is 12.8 Å². The SMILES string of the molecule is CS(=O)(=O)NC1CCCCC1CNC(=O)CC1CC2CCC1O2. The molecule has 0 spiro atoms. The van der Waals surface area contributed by atoms with Crippen LogP contribution in [-0.4, -0.2) is 45.4 Å². The second-order valence-corrected chi connectivity index (χ2v) is 9.20. The highest BCUT2D eigenvalue weighted by Gasteiger charge is 2.41. The topological polar surface area (TPSA) is 84.5 Å². The van der Waals surface area contributed by atoms with Crippen molar-refractivity contribution in [1.29, 1.82) is 0 Å². The summed E-state index contributed by atoms with van der Waals surface area (Å²) in [5.41, 5.74) is 0. The van der Waals surface area contributed by atoms with Crippen molar-refractivity contribution in [1.82, 2.24) is 10.0 Å². The van der Waals surface area contributed by atoms with Crippen LogP contribution in [0.25, 0.3) is 0 Å².